The fraction of sp³-hybridized carbons (Fsp3) is 0.429. The highest BCUT2D eigenvalue weighted by atomic mass is 19.2. The lowest BCUT2D eigenvalue weighted by Crippen LogP contribution is -2.54. The van der Waals surface area contributed by atoms with Crippen LogP contribution in [0.3, 0.4) is 0 Å². The summed E-state index contributed by atoms with van der Waals surface area (Å²) in [6.45, 7) is 1.44. The molecule has 1 fully saturated rings. The van der Waals surface area contributed by atoms with E-state index in [1.807, 2.05) is 0 Å². The molecule has 2 N–H and O–H groups in total. The topological polar surface area (TPSA) is 66.4 Å². The summed E-state index contributed by atoms with van der Waals surface area (Å²) in [5.41, 5.74) is -1.44. The van der Waals surface area contributed by atoms with Crippen molar-refractivity contribution in [1.82, 2.24) is 5.32 Å². The van der Waals surface area contributed by atoms with Crippen molar-refractivity contribution in [2.75, 3.05) is 0 Å². The SMILES string of the molecule is CC(NC(=O)Cc1cccc(F)c1F)(C(=O)O)C1CC1. The number of hydrogen-bond donors (Lipinski definition) is 2. The lowest BCUT2D eigenvalue weighted by molar-refractivity contribution is -0.147. The van der Waals surface area contributed by atoms with Crippen LogP contribution in [-0.4, -0.2) is 22.5 Å². The molecule has 4 nitrogen and oxygen atoms in total. The molecule has 2 rings (SSSR count). The van der Waals surface area contributed by atoms with Crippen LogP contribution in [0.15, 0.2) is 18.2 Å². The minimum Gasteiger partial charge on any atom is -0.480 e. The first-order valence-electron chi connectivity index (χ1n) is 6.32. The quantitative estimate of drug-likeness (QED) is 0.867. The van der Waals surface area contributed by atoms with Crippen LogP contribution in [0.1, 0.15) is 25.3 Å². The van der Waals surface area contributed by atoms with E-state index in [0.29, 0.717) is 0 Å². The summed E-state index contributed by atoms with van der Waals surface area (Å²) in [5, 5.41) is 11.6. The van der Waals surface area contributed by atoms with Crippen LogP contribution in [0.4, 0.5) is 8.78 Å². The second-order valence-electron chi connectivity index (χ2n) is 5.22. The van der Waals surface area contributed by atoms with E-state index in [2.05, 4.69) is 5.32 Å². The number of amides is 1. The number of aliphatic carboxylic acids is 1. The van der Waals surface area contributed by atoms with Crippen LogP contribution in [0.25, 0.3) is 0 Å². The first kappa shape index (κ1) is 14.4. The predicted octanol–water partition coefficient (Wildman–Crippen LogP) is 1.88. The maximum atomic E-state index is 13.5. The third kappa shape index (κ3) is 2.79. The van der Waals surface area contributed by atoms with Gasteiger partial charge in [0.1, 0.15) is 5.54 Å². The zero-order valence-corrected chi connectivity index (χ0v) is 11.0. The Hall–Kier alpha value is -1.98. The molecule has 0 spiro atoms. The maximum Gasteiger partial charge on any atom is 0.329 e. The van der Waals surface area contributed by atoms with E-state index >= 15 is 0 Å². The van der Waals surface area contributed by atoms with Crippen LogP contribution < -0.4 is 5.32 Å². The van der Waals surface area contributed by atoms with Crippen molar-refractivity contribution in [2.24, 2.45) is 5.92 Å². The van der Waals surface area contributed by atoms with Crippen LogP contribution in [0.5, 0.6) is 0 Å². The number of carbonyl (C=O) groups is 2. The van der Waals surface area contributed by atoms with Gasteiger partial charge < -0.3 is 10.4 Å². The van der Waals surface area contributed by atoms with E-state index in [-0.39, 0.29) is 17.9 Å². The fourth-order valence-corrected chi connectivity index (χ4v) is 2.18. The predicted molar refractivity (Wildman–Crippen MR) is 67.0 cm³/mol. The van der Waals surface area contributed by atoms with Gasteiger partial charge in [-0.15, -0.1) is 0 Å². The minimum atomic E-state index is -1.35. The monoisotopic (exact) mass is 283 g/mol. The summed E-state index contributed by atoms with van der Waals surface area (Å²) in [4.78, 5) is 23.1. The summed E-state index contributed by atoms with van der Waals surface area (Å²) in [6.07, 6.45) is 1.08. The molecule has 108 valence electrons. The van der Waals surface area contributed by atoms with Crippen molar-refractivity contribution in [3.05, 3.63) is 35.4 Å². The van der Waals surface area contributed by atoms with Crippen molar-refractivity contribution < 1.29 is 23.5 Å². The van der Waals surface area contributed by atoms with E-state index in [0.717, 1.165) is 18.9 Å². The number of benzene rings is 1. The molecule has 1 aliphatic carbocycles. The third-order valence-electron chi connectivity index (χ3n) is 3.62. The Labute approximate surface area is 114 Å². The molecule has 0 radical (unpaired) electrons. The van der Waals surface area contributed by atoms with E-state index in [4.69, 9.17) is 0 Å². The lowest BCUT2D eigenvalue weighted by Gasteiger charge is -2.26. The van der Waals surface area contributed by atoms with Gasteiger partial charge in [0.2, 0.25) is 5.91 Å². The van der Waals surface area contributed by atoms with Gasteiger partial charge in [0.25, 0.3) is 0 Å². The molecular weight excluding hydrogens is 268 g/mol. The molecular formula is C14H15F2NO3. The Balaban J connectivity index is 2.09. The number of rotatable bonds is 5. The van der Waals surface area contributed by atoms with E-state index < -0.39 is 29.0 Å². The highest BCUT2D eigenvalue weighted by Gasteiger charge is 2.48. The molecule has 1 aromatic carbocycles. The molecule has 6 heteroatoms. The zero-order valence-electron chi connectivity index (χ0n) is 11.0. The number of nitrogens with one attached hydrogen (secondary N) is 1. The number of carbonyl (C=O) groups excluding carboxylic acids is 1. The number of halogens is 2. The van der Waals surface area contributed by atoms with Crippen molar-refractivity contribution >= 4 is 11.9 Å². The van der Waals surface area contributed by atoms with Gasteiger partial charge in [0, 0.05) is 5.56 Å². The Bertz CT molecular complexity index is 557. The summed E-state index contributed by atoms with van der Waals surface area (Å²) >= 11 is 0. The average molecular weight is 283 g/mol. The van der Waals surface area contributed by atoms with Crippen LogP contribution >= 0.6 is 0 Å². The highest BCUT2D eigenvalue weighted by molar-refractivity contribution is 5.88. The number of carboxylic acid groups (broad SMARTS) is 1. The second-order valence-corrected chi connectivity index (χ2v) is 5.22. The molecule has 1 saturated carbocycles. The van der Waals surface area contributed by atoms with Crippen LogP contribution in [0.2, 0.25) is 0 Å². The molecule has 0 aliphatic heterocycles. The number of hydrogen-bond acceptors (Lipinski definition) is 2. The molecule has 1 atom stereocenters. The average Bonchev–Trinajstić information content (AvgIpc) is 3.19. The van der Waals surface area contributed by atoms with E-state index in [9.17, 15) is 23.5 Å². The third-order valence-corrected chi connectivity index (χ3v) is 3.62. The van der Waals surface area contributed by atoms with Crippen molar-refractivity contribution in [3.8, 4) is 0 Å². The molecule has 1 unspecified atom stereocenters. The molecule has 0 saturated heterocycles. The van der Waals surface area contributed by atoms with Crippen molar-refractivity contribution in [1.29, 1.82) is 0 Å². The van der Waals surface area contributed by atoms with Gasteiger partial charge in [-0.2, -0.15) is 0 Å². The Morgan fingerprint density at radius 1 is 1.40 bits per heavy atom. The van der Waals surface area contributed by atoms with Gasteiger partial charge in [-0.1, -0.05) is 12.1 Å². The van der Waals surface area contributed by atoms with Gasteiger partial charge in [-0.3, -0.25) is 4.79 Å². The Morgan fingerprint density at radius 3 is 2.60 bits per heavy atom. The highest BCUT2D eigenvalue weighted by Crippen LogP contribution is 2.39. The van der Waals surface area contributed by atoms with Gasteiger partial charge in [0.05, 0.1) is 6.42 Å². The second kappa shape index (κ2) is 5.19. The van der Waals surface area contributed by atoms with E-state index in [1.54, 1.807) is 0 Å². The van der Waals surface area contributed by atoms with Crippen LogP contribution in [0, 0.1) is 17.6 Å². The normalized spacial score (nSPS) is 17.4. The number of carboxylic acids is 1. The summed E-state index contributed by atoms with van der Waals surface area (Å²) in [7, 11) is 0. The van der Waals surface area contributed by atoms with E-state index in [1.165, 1.54) is 19.1 Å². The summed E-state index contributed by atoms with van der Waals surface area (Å²) in [6, 6.07) is 3.56. The first-order chi connectivity index (χ1) is 9.34. The minimum absolute atomic E-state index is 0.0916. The first-order valence-corrected chi connectivity index (χ1v) is 6.32. The lowest BCUT2D eigenvalue weighted by atomic mass is 9.95. The Kier molecular flexibility index (Phi) is 3.74. The largest absolute Gasteiger partial charge is 0.480 e. The van der Waals surface area contributed by atoms with Crippen molar-refractivity contribution in [3.63, 3.8) is 0 Å². The summed E-state index contributed by atoms with van der Waals surface area (Å²) in [5.74, 6) is -3.97. The fourth-order valence-electron chi connectivity index (χ4n) is 2.18. The smallest absolute Gasteiger partial charge is 0.329 e. The molecule has 1 aromatic rings. The molecule has 0 heterocycles. The molecule has 1 aliphatic rings. The van der Waals surface area contributed by atoms with Gasteiger partial charge in [-0.05, 0) is 31.7 Å². The Morgan fingerprint density at radius 2 is 2.05 bits per heavy atom. The molecule has 0 bridgehead atoms. The standard InChI is InChI=1S/C14H15F2NO3/c1-14(13(19)20,9-5-6-9)17-11(18)7-8-3-2-4-10(15)12(8)16/h2-4,9H,5-7H2,1H3,(H,17,18)(H,19,20). The van der Waals surface area contributed by atoms with Gasteiger partial charge in [0.15, 0.2) is 11.6 Å². The molecule has 0 aromatic heterocycles. The molecule has 20 heavy (non-hydrogen) atoms. The zero-order chi connectivity index (χ0) is 14.9. The molecule has 1 amide bonds. The van der Waals surface area contributed by atoms with Crippen LogP contribution in [-0.2, 0) is 16.0 Å². The summed E-state index contributed by atoms with van der Waals surface area (Å²) < 4.78 is 26.5. The van der Waals surface area contributed by atoms with Gasteiger partial charge >= 0.3 is 5.97 Å². The van der Waals surface area contributed by atoms with Crippen molar-refractivity contribution in [2.45, 2.75) is 31.7 Å². The maximum absolute atomic E-state index is 13.5. The van der Waals surface area contributed by atoms with Gasteiger partial charge in [-0.25, -0.2) is 13.6 Å².